The molecule has 98 valence electrons. The van der Waals surface area contributed by atoms with Crippen LogP contribution in [0.1, 0.15) is 62.4 Å². The summed E-state index contributed by atoms with van der Waals surface area (Å²) in [5.74, 6) is 1.33. The van der Waals surface area contributed by atoms with Gasteiger partial charge in [-0.25, -0.2) is 9.78 Å². The highest BCUT2D eigenvalue weighted by Gasteiger charge is 2.40. The van der Waals surface area contributed by atoms with Crippen LogP contribution in [0.3, 0.4) is 0 Å². The van der Waals surface area contributed by atoms with Crippen LogP contribution in [0.15, 0.2) is 0 Å². The zero-order valence-corrected chi connectivity index (χ0v) is 11.8. The lowest BCUT2D eigenvalue weighted by Gasteiger charge is -2.18. The van der Waals surface area contributed by atoms with Crippen LogP contribution in [-0.4, -0.2) is 16.7 Å². The number of hydrogen-bond donors (Lipinski definition) is 1. The number of carbonyl (C=O) groups is 1. The quantitative estimate of drug-likeness (QED) is 0.839. The van der Waals surface area contributed by atoms with Crippen LogP contribution >= 0.6 is 11.3 Å². The maximum absolute atomic E-state index is 11.7. The molecule has 4 nitrogen and oxygen atoms in total. The van der Waals surface area contributed by atoms with Gasteiger partial charge in [-0.05, 0) is 46.0 Å². The first kappa shape index (κ1) is 12.0. The van der Waals surface area contributed by atoms with Gasteiger partial charge in [0.2, 0.25) is 0 Å². The third-order valence-electron chi connectivity index (χ3n) is 3.48. The molecule has 2 atom stereocenters. The molecule has 1 aromatic rings. The average Bonchev–Trinajstić information content (AvgIpc) is 2.82. The number of rotatable bonds is 1. The molecule has 0 aliphatic heterocycles. The van der Waals surface area contributed by atoms with E-state index in [9.17, 15) is 4.79 Å². The Balaban J connectivity index is 1.70. The van der Waals surface area contributed by atoms with E-state index in [2.05, 4.69) is 10.3 Å². The Morgan fingerprint density at radius 1 is 1.39 bits per heavy atom. The minimum Gasteiger partial charge on any atom is -0.444 e. The molecule has 0 spiro atoms. The molecule has 2 aliphatic rings. The molecule has 1 fully saturated rings. The summed E-state index contributed by atoms with van der Waals surface area (Å²) in [7, 11) is 0. The first-order chi connectivity index (χ1) is 8.42. The number of ether oxygens (including phenoxy) is 1. The highest BCUT2D eigenvalue weighted by Crippen LogP contribution is 2.55. The summed E-state index contributed by atoms with van der Waals surface area (Å²) < 4.78 is 5.23. The first-order valence-electron chi connectivity index (χ1n) is 6.43. The lowest BCUT2D eigenvalue weighted by atomic mass is 10.0. The number of nitrogens with zero attached hydrogens (tertiary/aromatic N) is 1. The molecule has 1 saturated carbocycles. The molecule has 18 heavy (non-hydrogen) atoms. The highest BCUT2D eigenvalue weighted by molar-refractivity contribution is 7.16. The average molecular weight is 266 g/mol. The molecule has 2 aliphatic carbocycles. The summed E-state index contributed by atoms with van der Waals surface area (Å²) >= 11 is 1.62. The predicted molar refractivity (Wildman–Crippen MR) is 71.3 cm³/mol. The van der Waals surface area contributed by atoms with E-state index in [4.69, 9.17) is 4.74 Å². The van der Waals surface area contributed by atoms with Crippen molar-refractivity contribution in [2.24, 2.45) is 0 Å². The topological polar surface area (TPSA) is 51.2 Å². The fraction of sp³-hybridized carbons (Fsp3) is 0.692. The van der Waals surface area contributed by atoms with Crippen molar-refractivity contribution in [1.82, 2.24) is 4.98 Å². The normalized spacial score (nSPS) is 25.1. The Bertz CT molecular complexity index is 462. The van der Waals surface area contributed by atoms with Crippen molar-refractivity contribution in [2.75, 3.05) is 5.32 Å². The zero-order chi connectivity index (χ0) is 12.9. The molecular weight excluding hydrogens is 248 g/mol. The van der Waals surface area contributed by atoms with Crippen LogP contribution in [0, 0.1) is 0 Å². The molecule has 1 heterocycles. The van der Waals surface area contributed by atoms with Gasteiger partial charge in [-0.1, -0.05) is 0 Å². The molecule has 2 unspecified atom stereocenters. The van der Waals surface area contributed by atoms with E-state index in [1.807, 2.05) is 20.8 Å². The van der Waals surface area contributed by atoms with Gasteiger partial charge in [0.1, 0.15) is 5.60 Å². The Kier molecular flexibility index (Phi) is 2.62. The van der Waals surface area contributed by atoms with Gasteiger partial charge in [0.15, 0.2) is 5.13 Å². The van der Waals surface area contributed by atoms with E-state index in [1.165, 1.54) is 29.8 Å². The standard InChI is InChI=1S/C13H18N2O2S/c1-13(2,3)17-12(16)15-11-14-9-7-4-5-8(6-7)10(9)18-11/h7-8H,4-6H2,1-3H3,(H,14,15,16). The van der Waals surface area contributed by atoms with Crippen molar-refractivity contribution >= 4 is 22.6 Å². The van der Waals surface area contributed by atoms with Crippen LogP contribution in [0.4, 0.5) is 9.93 Å². The van der Waals surface area contributed by atoms with Crippen molar-refractivity contribution in [1.29, 1.82) is 0 Å². The van der Waals surface area contributed by atoms with E-state index in [0.29, 0.717) is 17.0 Å². The summed E-state index contributed by atoms with van der Waals surface area (Å²) in [6.07, 6.45) is 3.39. The molecule has 5 heteroatoms. The maximum Gasteiger partial charge on any atom is 0.413 e. The molecule has 1 aromatic heterocycles. The van der Waals surface area contributed by atoms with Gasteiger partial charge in [0, 0.05) is 10.8 Å². The van der Waals surface area contributed by atoms with E-state index in [0.717, 1.165) is 0 Å². The third kappa shape index (κ3) is 2.11. The molecule has 0 saturated heterocycles. The Morgan fingerprint density at radius 3 is 2.78 bits per heavy atom. The van der Waals surface area contributed by atoms with Gasteiger partial charge in [0.25, 0.3) is 0 Å². The zero-order valence-electron chi connectivity index (χ0n) is 10.9. The van der Waals surface area contributed by atoms with Crippen molar-refractivity contribution in [3.63, 3.8) is 0 Å². The number of amides is 1. The molecule has 0 aromatic carbocycles. The molecule has 1 amide bonds. The van der Waals surface area contributed by atoms with Gasteiger partial charge in [0.05, 0.1) is 5.69 Å². The monoisotopic (exact) mass is 266 g/mol. The van der Waals surface area contributed by atoms with Crippen LogP contribution < -0.4 is 5.32 Å². The number of thiazole rings is 1. The van der Waals surface area contributed by atoms with E-state index < -0.39 is 11.7 Å². The summed E-state index contributed by atoms with van der Waals surface area (Å²) in [5.41, 5.74) is 0.755. The van der Waals surface area contributed by atoms with Gasteiger partial charge in [-0.2, -0.15) is 0 Å². The second kappa shape index (κ2) is 3.95. The SMILES string of the molecule is CC(C)(C)OC(=O)Nc1nc2c(s1)C1CCC2C1. The summed E-state index contributed by atoms with van der Waals surface area (Å²) in [6.45, 7) is 5.57. The Labute approximate surface area is 111 Å². The van der Waals surface area contributed by atoms with Gasteiger partial charge in [-0.3, -0.25) is 5.32 Å². The number of anilines is 1. The smallest absolute Gasteiger partial charge is 0.413 e. The maximum atomic E-state index is 11.7. The van der Waals surface area contributed by atoms with Crippen LogP contribution in [0.2, 0.25) is 0 Å². The number of carbonyl (C=O) groups excluding carboxylic acids is 1. The summed E-state index contributed by atoms with van der Waals surface area (Å²) in [6, 6.07) is 0. The second-order valence-corrected chi connectivity index (χ2v) is 7.13. The molecule has 1 N–H and O–H groups in total. The van der Waals surface area contributed by atoms with E-state index in [1.54, 1.807) is 11.3 Å². The molecule has 0 radical (unpaired) electrons. The lowest BCUT2D eigenvalue weighted by molar-refractivity contribution is 0.0636. The van der Waals surface area contributed by atoms with E-state index in [-0.39, 0.29) is 0 Å². The predicted octanol–water partition coefficient (Wildman–Crippen LogP) is 3.85. The Morgan fingerprint density at radius 2 is 2.11 bits per heavy atom. The fourth-order valence-corrected chi connectivity index (χ4v) is 4.03. The number of hydrogen-bond acceptors (Lipinski definition) is 4. The summed E-state index contributed by atoms with van der Waals surface area (Å²) in [4.78, 5) is 17.6. The van der Waals surface area contributed by atoms with Crippen LogP contribution in [0.5, 0.6) is 0 Å². The van der Waals surface area contributed by atoms with E-state index >= 15 is 0 Å². The molecule has 3 rings (SSSR count). The van der Waals surface area contributed by atoms with Crippen molar-refractivity contribution in [3.05, 3.63) is 10.6 Å². The van der Waals surface area contributed by atoms with Crippen LogP contribution in [-0.2, 0) is 4.74 Å². The number of nitrogens with one attached hydrogen (secondary N) is 1. The van der Waals surface area contributed by atoms with Gasteiger partial charge < -0.3 is 4.74 Å². The van der Waals surface area contributed by atoms with Crippen LogP contribution in [0.25, 0.3) is 0 Å². The van der Waals surface area contributed by atoms with Crippen molar-refractivity contribution < 1.29 is 9.53 Å². The molecule has 2 bridgehead atoms. The highest BCUT2D eigenvalue weighted by atomic mass is 32.1. The van der Waals surface area contributed by atoms with Crippen molar-refractivity contribution in [3.8, 4) is 0 Å². The first-order valence-corrected chi connectivity index (χ1v) is 7.24. The van der Waals surface area contributed by atoms with Gasteiger partial charge in [-0.15, -0.1) is 11.3 Å². The van der Waals surface area contributed by atoms with Crippen molar-refractivity contribution in [2.45, 2.75) is 57.5 Å². The lowest BCUT2D eigenvalue weighted by Crippen LogP contribution is -2.27. The fourth-order valence-electron chi connectivity index (χ4n) is 2.84. The number of aromatic nitrogens is 1. The minimum atomic E-state index is -0.469. The third-order valence-corrected chi connectivity index (χ3v) is 4.63. The molecular formula is C13H18N2O2S. The largest absolute Gasteiger partial charge is 0.444 e. The Hall–Kier alpha value is -1.10. The number of fused-ring (bicyclic) bond motifs is 5. The van der Waals surface area contributed by atoms with Gasteiger partial charge >= 0.3 is 6.09 Å². The summed E-state index contributed by atoms with van der Waals surface area (Å²) in [5, 5.41) is 3.43. The minimum absolute atomic E-state index is 0.415. The second-order valence-electron chi connectivity index (χ2n) is 6.10.